The average molecular weight is 342 g/mol. The fraction of sp³-hybridized carbons (Fsp3) is 0.200. The first-order chi connectivity index (χ1) is 9.11. The van der Waals surface area contributed by atoms with E-state index in [0.29, 0.717) is 11.4 Å². The Labute approximate surface area is 126 Å². The van der Waals surface area contributed by atoms with E-state index < -0.39 is 6.10 Å². The van der Waals surface area contributed by atoms with Gasteiger partial charge in [0.1, 0.15) is 5.75 Å². The maximum atomic E-state index is 10.3. The normalized spacial score (nSPS) is 12.2. The van der Waals surface area contributed by atoms with Crippen LogP contribution in [0.25, 0.3) is 0 Å². The van der Waals surface area contributed by atoms with E-state index in [1.807, 2.05) is 36.4 Å². The van der Waals surface area contributed by atoms with Crippen LogP contribution < -0.4 is 4.74 Å². The molecule has 100 valence electrons. The zero-order valence-electron chi connectivity index (χ0n) is 10.4. The SMILES string of the molecule is COc1ccc(Br)c(CC(O)c2ccccc2Cl)c1. The van der Waals surface area contributed by atoms with Crippen LogP contribution in [0.1, 0.15) is 17.2 Å². The Morgan fingerprint density at radius 2 is 2.00 bits per heavy atom. The van der Waals surface area contributed by atoms with Crippen LogP contribution in [0.3, 0.4) is 0 Å². The molecular formula is C15H14BrClO2. The third kappa shape index (κ3) is 3.50. The first-order valence-corrected chi connectivity index (χ1v) is 7.04. The Morgan fingerprint density at radius 1 is 1.26 bits per heavy atom. The van der Waals surface area contributed by atoms with E-state index in [-0.39, 0.29) is 0 Å². The van der Waals surface area contributed by atoms with Crippen molar-refractivity contribution < 1.29 is 9.84 Å². The van der Waals surface area contributed by atoms with Gasteiger partial charge in [0.2, 0.25) is 0 Å². The highest BCUT2D eigenvalue weighted by atomic mass is 79.9. The fourth-order valence-electron chi connectivity index (χ4n) is 1.90. The van der Waals surface area contributed by atoms with E-state index >= 15 is 0 Å². The summed E-state index contributed by atoms with van der Waals surface area (Å²) < 4.78 is 6.14. The summed E-state index contributed by atoms with van der Waals surface area (Å²) in [5.41, 5.74) is 1.71. The number of rotatable bonds is 4. The zero-order chi connectivity index (χ0) is 13.8. The molecule has 0 saturated heterocycles. The van der Waals surface area contributed by atoms with Crippen molar-refractivity contribution in [1.82, 2.24) is 0 Å². The lowest BCUT2D eigenvalue weighted by molar-refractivity contribution is 0.178. The van der Waals surface area contributed by atoms with Crippen molar-refractivity contribution in [2.45, 2.75) is 12.5 Å². The summed E-state index contributed by atoms with van der Waals surface area (Å²) in [4.78, 5) is 0. The summed E-state index contributed by atoms with van der Waals surface area (Å²) in [6.07, 6.45) is -0.168. The lowest BCUT2D eigenvalue weighted by Crippen LogP contribution is -2.03. The van der Waals surface area contributed by atoms with E-state index in [9.17, 15) is 5.11 Å². The summed E-state index contributed by atoms with van der Waals surface area (Å²) in [6, 6.07) is 13.0. The van der Waals surface area contributed by atoms with Gasteiger partial charge < -0.3 is 9.84 Å². The molecule has 4 heteroatoms. The van der Waals surface area contributed by atoms with Crippen LogP contribution in [0.2, 0.25) is 5.02 Å². The number of ether oxygens (including phenoxy) is 1. The summed E-state index contributed by atoms with van der Waals surface area (Å²) >= 11 is 9.57. The summed E-state index contributed by atoms with van der Waals surface area (Å²) in [6.45, 7) is 0. The highest BCUT2D eigenvalue weighted by Crippen LogP contribution is 2.30. The Kier molecular flexibility index (Phi) is 4.86. The Balaban J connectivity index is 2.24. The molecule has 2 aromatic carbocycles. The largest absolute Gasteiger partial charge is 0.497 e. The van der Waals surface area contributed by atoms with Crippen LogP contribution in [0, 0.1) is 0 Å². The van der Waals surface area contributed by atoms with Gasteiger partial charge in [0, 0.05) is 15.9 Å². The van der Waals surface area contributed by atoms with Crippen LogP contribution in [-0.4, -0.2) is 12.2 Å². The van der Waals surface area contributed by atoms with E-state index in [0.717, 1.165) is 21.3 Å². The average Bonchev–Trinajstić information content (AvgIpc) is 2.41. The molecule has 0 spiro atoms. The molecule has 0 bridgehead atoms. The molecule has 0 amide bonds. The van der Waals surface area contributed by atoms with Crippen LogP contribution in [0.5, 0.6) is 5.75 Å². The van der Waals surface area contributed by atoms with E-state index in [1.165, 1.54) is 0 Å². The monoisotopic (exact) mass is 340 g/mol. The molecule has 0 fully saturated rings. The lowest BCUT2D eigenvalue weighted by atomic mass is 10.0. The van der Waals surface area contributed by atoms with E-state index in [4.69, 9.17) is 16.3 Å². The third-order valence-electron chi connectivity index (χ3n) is 2.93. The molecule has 2 nitrogen and oxygen atoms in total. The number of methoxy groups -OCH3 is 1. The number of aliphatic hydroxyl groups is 1. The lowest BCUT2D eigenvalue weighted by Gasteiger charge is -2.14. The second-order valence-electron chi connectivity index (χ2n) is 4.20. The molecule has 2 rings (SSSR count). The maximum absolute atomic E-state index is 10.3. The third-order valence-corrected chi connectivity index (χ3v) is 4.05. The van der Waals surface area contributed by atoms with Gasteiger partial charge in [-0.3, -0.25) is 0 Å². The predicted octanol–water partition coefficient (Wildman–Crippen LogP) is 4.39. The molecule has 1 atom stereocenters. The Bertz CT molecular complexity index is 572. The smallest absolute Gasteiger partial charge is 0.119 e. The highest BCUT2D eigenvalue weighted by molar-refractivity contribution is 9.10. The molecule has 0 aromatic heterocycles. The van der Waals surface area contributed by atoms with Crippen molar-refractivity contribution in [1.29, 1.82) is 0 Å². The van der Waals surface area contributed by atoms with Crippen molar-refractivity contribution in [3.8, 4) is 5.75 Å². The molecule has 0 aliphatic carbocycles. The molecule has 0 aliphatic rings. The number of halogens is 2. The van der Waals surface area contributed by atoms with E-state index in [2.05, 4.69) is 15.9 Å². The van der Waals surface area contributed by atoms with Gasteiger partial charge in [-0.1, -0.05) is 45.7 Å². The molecule has 0 heterocycles. The molecule has 2 aromatic rings. The second kappa shape index (κ2) is 6.42. The minimum atomic E-state index is -0.642. The molecular weight excluding hydrogens is 328 g/mol. The highest BCUT2D eigenvalue weighted by Gasteiger charge is 2.14. The van der Waals surface area contributed by atoms with Crippen LogP contribution in [-0.2, 0) is 6.42 Å². The van der Waals surface area contributed by atoms with Crippen molar-refractivity contribution in [2.24, 2.45) is 0 Å². The first-order valence-electron chi connectivity index (χ1n) is 5.86. The fourth-order valence-corrected chi connectivity index (χ4v) is 2.57. The maximum Gasteiger partial charge on any atom is 0.119 e. The van der Waals surface area contributed by atoms with Crippen molar-refractivity contribution in [3.05, 3.63) is 63.1 Å². The molecule has 0 aliphatic heterocycles. The zero-order valence-corrected chi connectivity index (χ0v) is 12.8. The minimum absolute atomic E-state index is 0.474. The van der Waals surface area contributed by atoms with Crippen LogP contribution >= 0.6 is 27.5 Å². The van der Waals surface area contributed by atoms with Gasteiger partial charge in [-0.2, -0.15) is 0 Å². The molecule has 19 heavy (non-hydrogen) atoms. The van der Waals surface area contributed by atoms with Gasteiger partial charge in [-0.05, 0) is 35.4 Å². The number of benzene rings is 2. The van der Waals surface area contributed by atoms with Crippen molar-refractivity contribution in [3.63, 3.8) is 0 Å². The Hall–Kier alpha value is -1.03. The van der Waals surface area contributed by atoms with Crippen molar-refractivity contribution >= 4 is 27.5 Å². The summed E-state index contributed by atoms with van der Waals surface area (Å²) in [7, 11) is 1.62. The molecule has 0 radical (unpaired) electrons. The standard InChI is InChI=1S/C15H14BrClO2/c1-19-11-6-7-13(16)10(8-11)9-15(18)12-4-2-3-5-14(12)17/h2-8,15,18H,9H2,1H3. The van der Waals surface area contributed by atoms with Gasteiger partial charge >= 0.3 is 0 Å². The first kappa shape index (κ1) is 14.4. The molecule has 1 N–H and O–H groups in total. The van der Waals surface area contributed by atoms with Gasteiger partial charge in [0.15, 0.2) is 0 Å². The number of hydrogen-bond donors (Lipinski definition) is 1. The second-order valence-corrected chi connectivity index (χ2v) is 5.46. The predicted molar refractivity (Wildman–Crippen MR) is 80.8 cm³/mol. The number of hydrogen-bond acceptors (Lipinski definition) is 2. The topological polar surface area (TPSA) is 29.5 Å². The minimum Gasteiger partial charge on any atom is -0.497 e. The van der Waals surface area contributed by atoms with Gasteiger partial charge in [0.25, 0.3) is 0 Å². The quantitative estimate of drug-likeness (QED) is 0.894. The van der Waals surface area contributed by atoms with Gasteiger partial charge in [-0.15, -0.1) is 0 Å². The van der Waals surface area contributed by atoms with Crippen molar-refractivity contribution in [2.75, 3.05) is 7.11 Å². The Morgan fingerprint density at radius 3 is 2.68 bits per heavy atom. The van der Waals surface area contributed by atoms with Crippen LogP contribution in [0.4, 0.5) is 0 Å². The summed E-state index contributed by atoms with van der Waals surface area (Å²) in [5, 5.41) is 10.9. The van der Waals surface area contributed by atoms with Gasteiger partial charge in [-0.25, -0.2) is 0 Å². The van der Waals surface area contributed by atoms with Gasteiger partial charge in [0.05, 0.1) is 13.2 Å². The molecule has 0 saturated carbocycles. The van der Waals surface area contributed by atoms with Crippen LogP contribution in [0.15, 0.2) is 46.9 Å². The van der Waals surface area contributed by atoms with E-state index in [1.54, 1.807) is 13.2 Å². The number of aliphatic hydroxyl groups excluding tert-OH is 1. The molecule has 1 unspecified atom stereocenters. The summed E-state index contributed by atoms with van der Waals surface area (Å²) in [5.74, 6) is 0.768.